The number of carbonyl (C=O) groups is 1. The minimum absolute atomic E-state index is 0.260. The van der Waals surface area contributed by atoms with Crippen molar-refractivity contribution in [2.24, 2.45) is 0 Å². The lowest BCUT2D eigenvalue weighted by molar-refractivity contribution is 0.0422. The van der Waals surface area contributed by atoms with E-state index in [1.54, 1.807) is 12.3 Å². The molecule has 0 radical (unpaired) electrons. The molecule has 0 saturated carbocycles. The molecule has 2 N–H and O–H groups in total. The normalized spacial score (nSPS) is 14.1. The highest BCUT2D eigenvalue weighted by Crippen LogP contribution is 2.28. The Kier molecular flexibility index (Phi) is 10.2. The quantitative estimate of drug-likeness (QED) is 0.313. The van der Waals surface area contributed by atoms with Gasteiger partial charge in [-0.3, -0.25) is 9.69 Å². The van der Waals surface area contributed by atoms with E-state index in [9.17, 15) is 4.79 Å². The first-order chi connectivity index (χ1) is 18.4. The molecule has 0 spiro atoms. The third-order valence-corrected chi connectivity index (χ3v) is 7.30. The van der Waals surface area contributed by atoms with Crippen molar-refractivity contribution in [2.45, 2.75) is 20.8 Å². The molecule has 1 fully saturated rings. The Bertz CT molecular complexity index is 1200. The van der Waals surface area contributed by atoms with Crippen LogP contribution >= 0.6 is 22.9 Å². The zero-order valence-corrected chi connectivity index (χ0v) is 23.6. The summed E-state index contributed by atoms with van der Waals surface area (Å²) in [5.41, 5.74) is 1.50. The number of benzene rings is 1. The Morgan fingerprint density at radius 2 is 1.89 bits per heavy atom. The van der Waals surface area contributed by atoms with Crippen LogP contribution in [0.2, 0.25) is 5.02 Å². The Hall–Kier alpha value is -2.83. The van der Waals surface area contributed by atoms with Crippen molar-refractivity contribution >= 4 is 51.3 Å². The first-order valence-electron chi connectivity index (χ1n) is 12.7. The predicted molar refractivity (Wildman–Crippen MR) is 152 cm³/mol. The van der Waals surface area contributed by atoms with Gasteiger partial charge in [0.05, 0.1) is 36.7 Å². The molecule has 1 saturated heterocycles. The SMILES string of the molecule is CCOCCOCCN1CCN(c2cc(Nc3ncc(C(=O)Nc4c(C)cccc4Cl)s3)nc(C)n2)CC1. The maximum Gasteiger partial charge on any atom is 0.267 e. The standard InChI is InChI=1S/C26H34ClN7O3S/c1-4-36-14-15-37-13-12-33-8-10-34(11-9-33)23-16-22(29-19(3)30-23)31-26-28-17-21(38-26)25(35)32-24-18(2)6-5-7-20(24)27/h5-7,16-17H,4,8-15H2,1-3H3,(H,32,35)(H,28,29,30,31). The molecule has 0 unspecified atom stereocenters. The van der Waals surface area contributed by atoms with E-state index in [4.69, 9.17) is 21.1 Å². The van der Waals surface area contributed by atoms with E-state index >= 15 is 0 Å². The average Bonchev–Trinajstić information content (AvgIpc) is 3.37. The highest BCUT2D eigenvalue weighted by atomic mass is 35.5. The van der Waals surface area contributed by atoms with Crippen molar-refractivity contribution in [3.8, 4) is 0 Å². The van der Waals surface area contributed by atoms with Crippen LogP contribution in [0.4, 0.5) is 22.5 Å². The summed E-state index contributed by atoms with van der Waals surface area (Å²) < 4.78 is 10.9. The van der Waals surface area contributed by atoms with Crippen LogP contribution in [0.25, 0.3) is 0 Å². The highest BCUT2D eigenvalue weighted by molar-refractivity contribution is 7.17. The van der Waals surface area contributed by atoms with Gasteiger partial charge in [0.2, 0.25) is 0 Å². The van der Waals surface area contributed by atoms with Crippen LogP contribution in [0, 0.1) is 13.8 Å². The Labute approximate surface area is 232 Å². The maximum absolute atomic E-state index is 12.8. The van der Waals surface area contributed by atoms with Crippen LogP contribution in [0.1, 0.15) is 28.0 Å². The van der Waals surface area contributed by atoms with Crippen molar-refractivity contribution in [3.05, 3.63) is 51.7 Å². The van der Waals surface area contributed by atoms with Crippen LogP contribution in [-0.4, -0.2) is 84.9 Å². The van der Waals surface area contributed by atoms with Crippen LogP contribution in [0.15, 0.2) is 30.5 Å². The van der Waals surface area contributed by atoms with E-state index in [-0.39, 0.29) is 5.91 Å². The third-order valence-electron chi connectivity index (χ3n) is 6.07. The molecule has 1 aromatic carbocycles. The van der Waals surface area contributed by atoms with Crippen molar-refractivity contribution < 1.29 is 14.3 Å². The summed E-state index contributed by atoms with van der Waals surface area (Å²) in [6.07, 6.45) is 1.54. The molecular weight excluding hydrogens is 526 g/mol. The van der Waals surface area contributed by atoms with Gasteiger partial charge in [0.15, 0.2) is 5.13 Å². The van der Waals surface area contributed by atoms with Crippen molar-refractivity contribution in [1.29, 1.82) is 0 Å². The van der Waals surface area contributed by atoms with Gasteiger partial charge >= 0.3 is 0 Å². The lowest BCUT2D eigenvalue weighted by atomic mass is 10.2. The van der Waals surface area contributed by atoms with E-state index in [2.05, 4.69) is 35.4 Å². The number of amides is 1. The number of anilines is 4. The molecule has 3 aromatic rings. The second kappa shape index (κ2) is 13.8. The maximum atomic E-state index is 12.8. The van der Waals surface area contributed by atoms with Gasteiger partial charge in [-0.05, 0) is 32.4 Å². The lowest BCUT2D eigenvalue weighted by Gasteiger charge is -2.35. The zero-order chi connectivity index (χ0) is 26.9. The first-order valence-corrected chi connectivity index (χ1v) is 13.9. The van der Waals surface area contributed by atoms with Gasteiger partial charge in [-0.2, -0.15) is 0 Å². The summed E-state index contributed by atoms with van der Waals surface area (Å²) in [7, 11) is 0. The van der Waals surface area contributed by atoms with Crippen LogP contribution in [-0.2, 0) is 9.47 Å². The Morgan fingerprint density at radius 3 is 2.66 bits per heavy atom. The van der Waals surface area contributed by atoms with Gasteiger partial charge < -0.3 is 25.0 Å². The Morgan fingerprint density at radius 1 is 1.11 bits per heavy atom. The molecule has 10 nitrogen and oxygen atoms in total. The van der Waals surface area contributed by atoms with Gasteiger partial charge in [0.25, 0.3) is 5.91 Å². The summed E-state index contributed by atoms with van der Waals surface area (Å²) in [6, 6.07) is 7.42. The number of aryl methyl sites for hydroxylation is 2. The molecule has 3 heterocycles. The van der Waals surface area contributed by atoms with E-state index in [0.29, 0.717) is 52.2 Å². The van der Waals surface area contributed by atoms with Crippen LogP contribution < -0.4 is 15.5 Å². The van der Waals surface area contributed by atoms with Crippen LogP contribution in [0.5, 0.6) is 0 Å². The summed E-state index contributed by atoms with van der Waals surface area (Å²) in [5.74, 6) is 1.92. The third kappa shape index (κ3) is 7.84. The lowest BCUT2D eigenvalue weighted by Crippen LogP contribution is -2.47. The van der Waals surface area contributed by atoms with Gasteiger partial charge in [-0.1, -0.05) is 35.1 Å². The van der Waals surface area contributed by atoms with Crippen molar-refractivity contribution in [2.75, 3.05) is 74.7 Å². The summed E-state index contributed by atoms with van der Waals surface area (Å²) in [4.78, 5) is 31.4. The molecule has 204 valence electrons. The topological polar surface area (TPSA) is 105 Å². The molecule has 12 heteroatoms. The molecule has 1 aliphatic rings. The van der Waals surface area contributed by atoms with E-state index in [0.717, 1.165) is 50.7 Å². The molecular formula is C26H34ClN7O3S. The number of halogens is 1. The summed E-state index contributed by atoms with van der Waals surface area (Å²) in [5, 5.41) is 7.18. The van der Waals surface area contributed by atoms with Crippen molar-refractivity contribution in [1.82, 2.24) is 19.9 Å². The highest BCUT2D eigenvalue weighted by Gasteiger charge is 2.20. The molecule has 0 aliphatic carbocycles. The molecule has 0 bridgehead atoms. The fourth-order valence-electron chi connectivity index (χ4n) is 4.05. The number of thiazole rings is 1. The summed E-state index contributed by atoms with van der Waals surface area (Å²) in [6.45, 7) is 13.0. The Balaban J connectivity index is 1.31. The number of hydrogen-bond acceptors (Lipinski definition) is 10. The number of rotatable bonds is 12. The van der Waals surface area contributed by atoms with Crippen molar-refractivity contribution in [3.63, 3.8) is 0 Å². The molecule has 1 aliphatic heterocycles. The largest absolute Gasteiger partial charge is 0.379 e. The fraction of sp³-hybridized carbons (Fsp3) is 0.462. The minimum Gasteiger partial charge on any atom is -0.379 e. The number of carbonyl (C=O) groups excluding carboxylic acids is 1. The number of hydrogen-bond donors (Lipinski definition) is 2. The fourth-order valence-corrected chi connectivity index (χ4v) is 5.04. The van der Waals surface area contributed by atoms with E-state index in [1.165, 1.54) is 11.3 Å². The number of nitrogens with one attached hydrogen (secondary N) is 2. The summed E-state index contributed by atoms with van der Waals surface area (Å²) >= 11 is 7.50. The number of aromatic nitrogens is 3. The second-order valence-corrected chi connectivity index (χ2v) is 10.3. The average molecular weight is 560 g/mol. The second-order valence-electron chi connectivity index (χ2n) is 8.84. The molecule has 38 heavy (non-hydrogen) atoms. The van der Waals surface area contributed by atoms with Gasteiger partial charge in [-0.25, -0.2) is 15.0 Å². The minimum atomic E-state index is -0.260. The number of para-hydroxylation sites is 1. The van der Waals surface area contributed by atoms with Gasteiger partial charge in [-0.15, -0.1) is 0 Å². The van der Waals surface area contributed by atoms with E-state index in [1.807, 2.05) is 39.0 Å². The molecule has 2 aromatic heterocycles. The van der Waals surface area contributed by atoms with E-state index < -0.39 is 0 Å². The smallest absolute Gasteiger partial charge is 0.267 e. The van der Waals surface area contributed by atoms with Crippen LogP contribution in [0.3, 0.4) is 0 Å². The zero-order valence-electron chi connectivity index (χ0n) is 22.0. The molecule has 4 rings (SSSR count). The first kappa shape index (κ1) is 28.2. The predicted octanol–water partition coefficient (Wildman–Crippen LogP) is 4.37. The number of ether oxygens (including phenoxy) is 2. The van der Waals surface area contributed by atoms with Gasteiger partial charge in [0.1, 0.15) is 22.3 Å². The molecule has 0 atom stereocenters. The van der Waals surface area contributed by atoms with Gasteiger partial charge in [0, 0.05) is 45.4 Å². The molecule has 1 amide bonds. The number of nitrogens with zero attached hydrogens (tertiary/aromatic N) is 5. The number of piperazine rings is 1. The monoisotopic (exact) mass is 559 g/mol.